The molecule has 2 aromatic heterocycles. The van der Waals surface area contributed by atoms with Gasteiger partial charge in [0.15, 0.2) is 0 Å². The Morgan fingerprint density at radius 1 is 1.10 bits per heavy atom. The van der Waals surface area contributed by atoms with Gasteiger partial charge in [0.1, 0.15) is 18.1 Å². The lowest BCUT2D eigenvalue weighted by molar-refractivity contribution is -0.133. The summed E-state index contributed by atoms with van der Waals surface area (Å²) in [4.78, 5) is 29.2. The van der Waals surface area contributed by atoms with Gasteiger partial charge in [0.25, 0.3) is 5.91 Å². The fourth-order valence-corrected chi connectivity index (χ4v) is 3.20. The number of methoxy groups -OCH3 is 1. The molecule has 1 aromatic carbocycles. The van der Waals surface area contributed by atoms with E-state index in [1.165, 1.54) is 30.2 Å². The number of rotatable bonds is 10. The number of hydrogen-bond acceptors (Lipinski definition) is 4. The first-order valence-electron chi connectivity index (χ1n) is 9.92. The van der Waals surface area contributed by atoms with Crippen molar-refractivity contribution < 1.29 is 23.1 Å². The molecule has 0 aliphatic rings. The van der Waals surface area contributed by atoms with Crippen molar-refractivity contribution in [2.75, 3.05) is 26.8 Å². The number of ether oxygens (including phenoxy) is 1. The number of aromatic nitrogens is 1. The predicted molar refractivity (Wildman–Crippen MR) is 113 cm³/mol. The number of furan rings is 1. The van der Waals surface area contributed by atoms with Gasteiger partial charge < -0.3 is 23.5 Å². The summed E-state index contributed by atoms with van der Waals surface area (Å²) in [5.41, 5.74) is 1.13. The average Bonchev–Trinajstić information content (AvgIpc) is 3.42. The summed E-state index contributed by atoms with van der Waals surface area (Å²) >= 11 is 0. The van der Waals surface area contributed by atoms with Gasteiger partial charge in [-0.25, -0.2) is 4.39 Å². The molecular formula is C23H26FN3O4. The van der Waals surface area contributed by atoms with Crippen molar-refractivity contribution in [3.8, 4) is 0 Å². The molecule has 0 unspecified atom stereocenters. The molecule has 0 fully saturated rings. The topological polar surface area (TPSA) is 67.9 Å². The van der Waals surface area contributed by atoms with Crippen LogP contribution in [0.25, 0.3) is 0 Å². The second kappa shape index (κ2) is 10.6. The minimum atomic E-state index is -0.507. The Morgan fingerprint density at radius 3 is 2.58 bits per heavy atom. The third-order valence-electron chi connectivity index (χ3n) is 4.93. The summed E-state index contributed by atoms with van der Waals surface area (Å²) in [6.07, 6.45) is 3.46. The number of amides is 2. The Kier molecular flexibility index (Phi) is 7.61. The molecule has 7 nitrogen and oxygen atoms in total. The quantitative estimate of drug-likeness (QED) is 0.499. The molecule has 0 bridgehead atoms. The van der Waals surface area contributed by atoms with E-state index in [1.54, 1.807) is 23.3 Å². The van der Waals surface area contributed by atoms with Crippen LogP contribution < -0.4 is 0 Å². The molecule has 2 heterocycles. The second-order valence-corrected chi connectivity index (χ2v) is 7.17. The van der Waals surface area contributed by atoms with Crippen LogP contribution in [-0.4, -0.2) is 53.0 Å². The first-order chi connectivity index (χ1) is 15.0. The summed E-state index contributed by atoms with van der Waals surface area (Å²) in [5.74, 6) is -0.547. The summed E-state index contributed by atoms with van der Waals surface area (Å²) in [6.45, 7) is 0.920. The molecule has 0 aliphatic heterocycles. The third kappa shape index (κ3) is 6.05. The number of nitrogens with zero attached hydrogens (tertiary/aromatic N) is 3. The molecule has 3 rings (SSSR count). The monoisotopic (exact) mass is 427 g/mol. The number of carbonyl (C=O) groups is 2. The number of aryl methyl sites for hydroxylation is 1. The zero-order valence-corrected chi connectivity index (χ0v) is 17.7. The van der Waals surface area contributed by atoms with E-state index < -0.39 is 11.7 Å². The summed E-state index contributed by atoms with van der Waals surface area (Å²) in [7, 11) is 3.43. The van der Waals surface area contributed by atoms with Gasteiger partial charge in [-0.1, -0.05) is 6.07 Å². The Balaban J connectivity index is 1.79. The van der Waals surface area contributed by atoms with Gasteiger partial charge in [0.2, 0.25) is 5.91 Å². The maximum absolute atomic E-state index is 13.6. The largest absolute Gasteiger partial charge is 0.467 e. The van der Waals surface area contributed by atoms with E-state index >= 15 is 0 Å². The molecule has 0 spiro atoms. The number of carbonyl (C=O) groups excluding carboxylic acids is 2. The molecule has 2 amide bonds. The lowest BCUT2D eigenvalue weighted by atomic mass is 10.2. The van der Waals surface area contributed by atoms with Gasteiger partial charge in [-0.15, -0.1) is 0 Å². The standard InChI is InChI=1S/C23H26FN3O4/c1-25-10-4-8-20(25)15-27(16-21-9-5-12-31-21)22(28)17-26(11-13-30-2)23(29)18-6-3-7-19(24)14-18/h3-10,12,14H,11,13,15-17H2,1-2H3. The van der Waals surface area contributed by atoms with E-state index in [-0.39, 0.29) is 37.7 Å². The Hall–Kier alpha value is -3.39. The van der Waals surface area contributed by atoms with Gasteiger partial charge in [0.05, 0.1) is 26.0 Å². The minimum Gasteiger partial charge on any atom is -0.467 e. The Labute approximate surface area is 180 Å². The minimum absolute atomic E-state index is 0.163. The first-order valence-corrected chi connectivity index (χ1v) is 9.92. The lowest BCUT2D eigenvalue weighted by Crippen LogP contribution is -2.43. The van der Waals surface area contributed by atoms with Crippen LogP contribution in [0.2, 0.25) is 0 Å². The van der Waals surface area contributed by atoms with Gasteiger partial charge in [-0.2, -0.15) is 0 Å². The molecule has 8 heteroatoms. The molecule has 0 N–H and O–H groups in total. The van der Waals surface area contributed by atoms with Crippen LogP contribution >= 0.6 is 0 Å². The van der Waals surface area contributed by atoms with Crippen molar-refractivity contribution in [3.05, 3.63) is 83.8 Å². The molecule has 164 valence electrons. The summed E-state index contributed by atoms with van der Waals surface area (Å²) in [5, 5.41) is 0. The van der Waals surface area contributed by atoms with Crippen molar-refractivity contribution >= 4 is 11.8 Å². The highest BCUT2D eigenvalue weighted by Gasteiger charge is 2.24. The average molecular weight is 427 g/mol. The molecule has 0 saturated heterocycles. The predicted octanol–water partition coefficient (Wildman–Crippen LogP) is 3.07. The SMILES string of the molecule is COCCN(CC(=O)N(Cc1ccco1)Cc1cccn1C)C(=O)c1cccc(F)c1. The molecule has 0 saturated carbocycles. The normalized spacial score (nSPS) is 10.8. The smallest absolute Gasteiger partial charge is 0.254 e. The van der Waals surface area contributed by atoms with E-state index in [4.69, 9.17) is 9.15 Å². The molecule has 0 atom stereocenters. The number of benzene rings is 1. The van der Waals surface area contributed by atoms with Crippen molar-refractivity contribution in [2.45, 2.75) is 13.1 Å². The van der Waals surface area contributed by atoms with E-state index in [1.807, 2.05) is 29.9 Å². The van der Waals surface area contributed by atoms with Gasteiger partial charge >= 0.3 is 0 Å². The lowest BCUT2D eigenvalue weighted by Gasteiger charge is -2.27. The van der Waals surface area contributed by atoms with Crippen LogP contribution in [0.4, 0.5) is 4.39 Å². The highest BCUT2D eigenvalue weighted by atomic mass is 19.1. The van der Waals surface area contributed by atoms with Crippen LogP contribution in [0.5, 0.6) is 0 Å². The van der Waals surface area contributed by atoms with E-state index in [0.29, 0.717) is 12.3 Å². The maximum atomic E-state index is 13.6. The van der Waals surface area contributed by atoms with Crippen LogP contribution in [0.15, 0.2) is 65.4 Å². The van der Waals surface area contributed by atoms with Gasteiger partial charge in [-0.05, 0) is 42.5 Å². The summed E-state index contributed by atoms with van der Waals surface area (Å²) in [6, 6.07) is 12.8. The van der Waals surface area contributed by atoms with Crippen LogP contribution in [-0.2, 0) is 29.7 Å². The molecule has 31 heavy (non-hydrogen) atoms. The summed E-state index contributed by atoms with van der Waals surface area (Å²) < 4.78 is 26.1. The van der Waals surface area contributed by atoms with Crippen LogP contribution in [0.3, 0.4) is 0 Å². The second-order valence-electron chi connectivity index (χ2n) is 7.17. The zero-order chi connectivity index (χ0) is 22.2. The van der Waals surface area contributed by atoms with Crippen molar-refractivity contribution in [2.24, 2.45) is 7.05 Å². The molecule has 0 radical (unpaired) electrons. The van der Waals surface area contributed by atoms with E-state index in [2.05, 4.69) is 0 Å². The first kappa shape index (κ1) is 22.3. The van der Waals surface area contributed by atoms with Gasteiger partial charge in [0, 0.05) is 38.2 Å². The van der Waals surface area contributed by atoms with E-state index in [9.17, 15) is 14.0 Å². The number of hydrogen-bond donors (Lipinski definition) is 0. The highest BCUT2D eigenvalue weighted by Crippen LogP contribution is 2.13. The molecule has 3 aromatic rings. The van der Waals surface area contributed by atoms with Crippen molar-refractivity contribution in [3.63, 3.8) is 0 Å². The fraction of sp³-hybridized carbons (Fsp3) is 0.304. The van der Waals surface area contributed by atoms with E-state index in [0.717, 1.165) is 11.8 Å². The molecular weight excluding hydrogens is 401 g/mol. The zero-order valence-electron chi connectivity index (χ0n) is 17.7. The molecule has 0 aliphatic carbocycles. The fourth-order valence-electron chi connectivity index (χ4n) is 3.20. The van der Waals surface area contributed by atoms with Gasteiger partial charge in [-0.3, -0.25) is 9.59 Å². The highest BCUT2D eigenvalue weighted by molar-refractivity contribution is 5.96. The Bertz CT molecular complexity index is 1000. The Morgan fingerprint density at radius 2 is 1.94 bits per heavy atom. The van der Waals surface area contributed by atoms with Crippen molar-refractivity contribution in [1.82, 2.24) is 14.4 Å². The third-order valence-corrected chi connectivity index (χ3v) is 4.93. The maximum Gasteiger partial charge on any atom is 0.254 e. The van der Waals surface area contributed by atoms with Crippen LogP contribution in [0.1, 0.15) is 21.8 Å². The number of halogens is 1. The van der Waals surface area contributed by atoms with Crippen molar-refractivity contribution in [1.29, 1.82) is 0 Å². The van der Waals surface area contributed by atoms with Crippen LogP contribution in [0, 0.1) is 5.82 Å².